The van der Waals surface area contributed by atoms with E-state index in [2.05, 4.69) is 5.32 Å². The van der Waals surface area contributed by atoms with Crippen molar-refractivity contribution in [2.24, 2.45) is 0 Å². The Hall–Kier alpha value is -4.59. The number of ether oxygens (including phenoxy) is 3. The van der Waals surface area contributed by atoms with Gasteiger partial charge in [0.15, 0.2) is 22.9 Å². The van der Waals surface area contributed by atoms with E-state index in [1.54, 1.807) is 87.6 Å². The quantitative estimate of drug-likeness (QED) is 0.282. The van der Waals surface area contributed by atoms with Crippen LogP contribution in [0.15, 0.2) is 78.9 Å². The smallest absolute Gasteiger partial charge is 0.266 e. The number of likely N-dealkylation sites (tertiary alicyclic amines) is 1. The van der Waals surface area contributed by atoms with E-state index in [-0.39, 0.29) is 23.6 Å². The molecule has 1 aliphatic heterocycles. The number of rotatable bonds is 10. The average Bonchev–Trinajstić information content (AvgIpc) is 3.00. The molecule has 0 radical (unpaired) electrons. The number of benzene rings is 3. The van der Waals surface area contributed by atoms with E-state index >= 15 is 0 Å². The van der Waals surface area contributed by atoms with Crippen LogP contribution in [0, 0.1) is 0 Å². The summed E-state index contributed by atoms with van der Waals surface area (Å²) in [6.07, 6.45) is 4.51. The van der Waals surface area contributed by atoms with Gasteiger partial charge in [-0.15, -0.1) is 0 Å². The largest absolute Gasteiger partial charge is 0.493 e. The highest BCUT2D eigenvalue weighted by atomic mass is 16.5. The monoisotopic (exact) mass is 556 g/mol. The molecule has 0 aliphatic carbocycles. The van der Waals surface area contributed by atoms with Crippen LogP contribution in [0.2, 0.25) is 0 Å². The van der Waals surface area contributed by atoms with E-state index in [1.807, 2.05) is 24.3 Å². The molecule has 0 spiro atoms. The van der Waals surface area contributed by atoms with Gasteiger partial charge in [0.2, 0.25) is 5.91 Å². The Kier molecular flexibility index (Phi) is 9.45. The number of nitrogens with one attached hydrogen (secondary N) is 1. The van der Waals surface area contributed by atoms with Crippen LogP contribution in [0.25, 0.3) is 6.08 Å². The van der Waals surface area contributed by atoms with Gasteiger partial charge < -0.3 is 24.4 Å². The molecule has 2 amide bonds. The van der Waals surface area contributed by atoms with Crippen LogP contribution >= 0.6 is 0 Å². The highest BCUT2D eigenvalue weighted by molar-refractivity contribution is 6.09. The first-order valence-electron chi connectivity index (χ1n) is 13.6. The highest BCUT2D eigenvalue weighted by Crippen LogP contribution is 2.28. The van der Waals surface area contributed by atoms with Gasteiger partial charge in [0.1, 0.15) is 5.75 Å². The van der Waals surface area contributed by atoms with Crippen molar-refractivity contribution in [2.75, 3.05) is 27.3 Å². The number of carbonyl (C=O) groups is 3. The first kappa shape index (κ1) is 29.4. The Labute approximate surface area is 240 Å². The number of piperidine rings is 1. The van der Waals surface area contributed by atoms with Crippen molar-refractivity contribution < 1.29 is 28.6 Å². The molecule has 1 N–H and O–H groups in total. The number of methoxy groups -OCH3 is 2. The first-order valence-corrected chi connectivity index (χ1v) is 13.6. The van der Waals surface area contributed by atoms with Gasteiger partial charge in [0.25, 0.3) is 5.91 Å². The zero-order chi connectivity index (χ0) is 29.4. The van der Waals surface area contributed by atoms with Crippen molar-refractivity contribution in [3.05, 3.63) is 95.6 Å². The van der Waals surface area contributed by atoms with Crippen LogP contribution in [0.1, 0.15) is 48.2 Å². The molecule has 0 unspecified atom stereocenters. The maximum Gasteiger partial charge on any atom is 0.266 e. The van der Waals surface area contributed by atoms with E-state index in [9.17, 15) is 14.4 Å². The van der Waals surface area contributed by atoms with E-state index < -0.39 is 5.60 Å². The molecule has 4 rings (SSSR count). The zero-order valence-electron chi connectivity index (χ0n) is 23.9. The predicted octanol–water partition coefficient (Wildman–Crippen LogP) is 4.91. The number of ketones is 1. The Balaban J connectivity index is 1.26. The number of hydrogen-bond acceptors (Lipinski definition) is 6. The summed E-state index contributed by atoms with van der Waals surface area (Å²) in [6, 6.07) is 21.3. The van der Waals surface area contributed by atoms with Crippen LogP contribution < -0.4 is 19.5 Å². The van der Waals surface area contributed by atoms with E-state index in [0.29, 0.717) is 54.3 Å². The van der Waals surface area contributed by atoms with Crippen molar-refractivity contribution >= 4 is 23.7 Å². The predicted molar refractivity (Wildman–Crippen MR) is 157 cm³/mol. The van der Waals surface area contributed by atoms with Gasteiger partial charge >= 0.3 is 0 Å². The molecule has 8 nitrogen and oxygen atoms in total. The summed E-state index contributed by atoms with van der Waals surface area (Å²) < 4.78 is 16.6. The second-order valence-corrected chi connectivity index (χ2v) is 10.4. The SMILES string of the molecule is COc1ccc(/C=C/C(=O)NC2CCN(C(=O)C(C)(C)Oc3ccc(C(=O)c4ccccc4)cc3)CC2)cc1OC. The van der Waals surface area contributed by atoms with Crippen LogP contribution in [0.5, 0.6) is 17.2 Å². The fraction of sp³-hybridized carbons (Fsp3) is 0.303. The second-order valence-electron chi connectivity index (χ2n) is 10.4. The zero-order valence-corrected chi connectivity index (χ0v) is 23.9. The molecule has 1 fully saturated rings. The van der Waals surface area contributed by atoms with Crippen LogP contribution in [-0.2, 0) is 9.59 Å². The minimum Gasteiger partial charge on any atom is -0.493 e. The summed E-state index contributed by atoms with van der Waals surface area (Å²) in [5, 5.41) is 3.03. The van der Waals surface area contributed by atoms with Crippen molar-refractivity contribution in [2.45, 2.75) is 38.3 Å². The molecule has 214 valence electrons. The lowest BCUT2D eigenvalue weighted by Crippen LogP contribution is -2.53. The average molecular weight is 557 g/mol. The topological polar surface area (TPSA) is 94.2 Å². The molecule has 0 aromatic heterocycles. The van der Waals surface area contributed by atoms with Crippen LogP contribution in [0.3, 0.4) is 0 Å². The maximum atomic E-state index is 13.3. The van der Waals surface area contributed by atoms with Gasteiger partial charge in [-0.3, -0.25) is 14.4 Å². The lowest BCUT2D eigenvalue weighted by atomic mass is 10.0. The fourth-order valence-electron chi connectivity index (χ4n) is 4.75. The Morgan fingerprint density at radius 2 is 1.49 bits per heavy atom. The molecule has 8 heteroatoms. The van der Waals surface area contributed by atoms with Crippen LogP contribution in [-0.4, -0.2) is 61.4 Å². The molecule has 1 heterocycles. The molecule has 1 aliphatic rings. The van der Waals surface area contributed by atoms with E-state index in [1.165, 1.54) is 6.08 Å². The van der Waals surface area contributed by atoms with Gasteiger partial charge in [-0.05, 0) is 74.7 Å². The van der Waals surface area contributed by atoms with Gasteiger partial charge in [-0.25, -0.2) is 0 Å². The fourth-order valence-corrected chi connectivity index (χ4v) is 4.75. The minimum absolute atomic E-state index is 0.0275. The number of nitrogens with zero attached hydrogens (tertiary/aromatic N) is 1. The molecule has 0 atom stereocenters. The third-order valence-electron chi connectivity index (χ3n) is 7.00. The summed E-state index contributed by atoms with van der Waals surface area (Å²) in [7, 11) is 3.14. The van der Waals surface area contributed by atoms with Gasteiger partial charge in [-0.1, -0.05) is 36.4 Å². The summed E-state index contributed by atoms with van der Waals surface area (Å²) in [6.45, 7) is 4.51. The maximum absolute atomic E-state index is 13.3. The van der Waals surface area contributed by atoms with E-state index in [4.69, 9.17) is 14.2 Å². The second kappa shape index (κ2) is 13.2. The third kappa shape index (κ3) is 7.54. The standard InChI is InChI=1S/C33H36N2O6/c1-33(2,41-27-14-12-25(13-15-27)31(37)24-8-6-5-7-9-24)32(38)35-20-18-26(19-21-35)34-30(36)17-11-23-10-16-28(39-3)29(22-23)40-4/h5-17,22,26H,18-21H2,1-4H3,(H,34,36)/b17-11+. The molecular weight excluding hydrogens is 520 g/mol. The Morgan fingerprint density at radius 1 is 0.854 bits per heavy atom. The first-order chi connectivity index (χ1) is 19.7. The summed E-state index contributed by atoms with van der Waals surface area (Å²) in [5.41, 5.74) is 0.891. The van der Waals surface area contributed by atoms with Gasteiger partial charge in [0, 0.05) is 36.3 Å². The number of amides is 2. The molecule has 1 saturated heterocycles. The Bertz CT molecular complexity index is 1390. The number of hydrogen-bond donors (Lipinski definition) is 1. The Morgan fingerprint density at radius 3 is 2.12 bits per heavy atom. The summed E-state index contributed by atoms with van der Waals surface area (Å²) >= 11 is 0. The van der Waals surface area contributed by atoms with Crippen molar-refractivity contribution in [3.63, 3.8) is 0 Å². The normalized spacial score (nSPS) is 14.0. The molecule has 0 saturated carbocycles. The third-order valence-corrected chi connectivity index (χ3v) is 7.00. The summed E-state index contributed by atoms with van der Waals surface area (Å²) in [5.74, 6) is 1.34. The number of carbonyl (C=O) groups excluding carboxylic acids is 3. The van der Waals surface area contributed by atoms with Crippen molar-refractivity contribution in [3.8, 4) is 17.2 Å². The van der Waals surface area contributed by atoms with E-state index in [0.717, 1.165) is 5.56 Å². The molecule has 3 aromatic rings. The lowest BCUT2D eigenvalue weighted by Gasteiger charge is -2.37. The van der Waals surface area contributed by atoms with Crippen molar-refractivity contribution in [1.29, 1.82) is 0 Å². The minimum atomic E-state index is -1.09. The molecular formula is C33H36N2O6. The van der Waals surface area contributed by atoms with Crippen molar-refractivity contribution in [1.82, 2.24) is 10.2 Å². The lowest BCUT2D eigenvalue weighted by molar-refractivity contribution is -0.146. The molecule has 0 bridgehead atoms. The molecule has 3 aromatic carbocycles. The summed E-state index contributed by atoms with van der Waals surface area (Å²) in [4.78, 5) is 40.2. The van der Waals surface area contributed by atoms with Gasteiger partial charge in [-0.2, -0.15) is 0 Å². The van der Waals surface area contributed by atoms with Gasteiger partial charge in [0.05, 0.1) is 14.2 Å². The molecule has 41 heavy (non-hydrogen) atoms. The van der Waals surface area contributed by atoms with Crippen LogP contribution in [0.4, 0.5) is 0 Å². The highest BCUT2D eigenvalue weighted by Gasteiger charge is 2.36.